The second-order valence-electron chi connectivity index (χ2n) is 3.69. The molecule has 2 nitrogen and oxygen atoms in total. The fraction of sp³-hybridized carbons (Fsp3) is 0.250. The zero-order chi connectivity index (χ0) is 12.4. The van der Waals surface area contributed by atoms with Gasteiger partial charge in [0.05, 0.1) is 5.01 Å². The molecule has 90 valence electrons. The van der Waals surface area contributed by atoms with Gasteiger partial charge in [-0.15, -0.1) is 11.3 Å². The van der Waals surface area contributed by atoms with Crippen LogP contribution in [-0.4, -0.2) is 4.98 Å². The van der Waals surface area contributed by atoms with E-state index in [0.717, 1.165) is 23.9 Å². The van der Waals surface area contributed by atoms with E-state index in [2.05, 4.69) is 4.98 Å². The lowest BCUT2D eigenvalue weighted by atomic mass is 10.1. The van der Waals surface area contributed by atoms with E-state index in [9.17, 15) is 8.78 Å². The highest BCUT2D eigenvalue weighted by molar-refractivity contribution is 7.16. The van der Waals surface area contributed by atoms with Crippen LogP contribution in [0.15, 0.2) is 18.2 Å². The third kappa shape index (κ3) is 2.44. The zero-order valence-electron chi connectivity index (χ0n) is 9.34. The van der Waals surface area contributed by atoms with E-state index < -0.39 is 11.6 Å². The number of hydrogen-bond donors (Lipinski definition) is 1. The molecule has 0 saturated heterocycles. The number of anilines is 1. The van der Waals surface area contributed by atoms with Gasteiger partial charge in [-0.3, -0.25) is 0 Å². The lowest BCUT2D eigenvalue weighted by molar-refractivity contribution is 0.585. The van der Waals surface area contributed by atoms with Crippen LogP contribution >= 0.6 is 11.3 Å². The Morgan fingerprint density at radius 3 is 2.76 bits per heavy atom. The summed E-state index contributed by atoms with van der Waals surface area (Å²) in [5, 5.41) is 1.35. The summed E-state index contributed by atoms with van der Waals surface area (Å²) in [5.41, 5.74) is 6.47. The maximum atomic E-state index is 13.6. The molecule has 0 unspecified atom stereocenters. The van der Waals surface area contributed by atoms with Gasteiger partial charge >= 0.3 is 0 Å². The Hall–Kier alpha value is -1.49. The van der Waals surface area contributed by atoms with Gasteiger partial charge in [0, 0.05) is 11.6 Å². The summed E-state index contributed by atoms with van der Waals surface area (Å²) in [6.07, 6.45) is 1.77. The van der Waals surface area contributed by atoms with Crippen LogP contribution < -0.4 is 5.73 Å². The van der Waals surface area contributed by atoms with E-state index in [1.165, 1.54) is 23.5 Å². The second kappa shape index (κ2) is 4.79. The van der Waals surface area contributed by atoms with Crippen LogP contribution in [0.3, 0.4) is 0 Å². The summed E-state index contributed by atoms with van der Waals surface area (Å²) in [4.78, 5) is 4.29. The number of thiazole rings is 1. The summed E-state index contributed by atoms with van der Waals surface area (Å²) >= 11 is 1.35. The maximum absolute atomic E-state index is 13.6. The van der Waals surface area contributed by atoms with Crippen molar-refractivity contribution in [3.05, 3.63) is 34.8 Å². The molecule has 0 aliphatic rings. The molecule has 0 fully saturated rings. The third-order valence-electron chi connectivity index (χ3n) is 2.35. The highest BCUT2D eigenvalue weighted by Crippen LogP contribution is 2.32. The first-order chi connectivity index (χ1) is 8.11. The Balaban J connectivity index is 2.45. The molecule has 5 heteroatoms. The van der Waals surface area contributed by atoms with Crippen molar-refractivity contribution in [3.8, 4) is 11.3 Å². The molecule has 0 aliphatic heterocycles. The second-order valence-corrected chi connectivity index (χ2v) is 4.81. The van der Waals surface area contributed by atoms with E-state index >= 15 is 0 Å². The van der Waals surface area contributed by atoms with E-state index in [0.29, 0.717) is 10.7 Å². The van der Waals surface area contributed by atoms with Crippen LogP contribution in [0.25, 0.3) is 11.3 Å². The number of halogens is 2. The predicted molar refractivity (Wildman–Crippen MR) is 65.9 cm³/mol. The van der Waals surface area contributed by atoms with Gasteiger partial charge < -0.3 is 5.73 Å². The van der Waals surface area contributed by atoms with E-state index in [4.69, 9.17) is 5.73 Å². The Bertz CT molecular complexity index is 537. The van der Waals surface area contributed by atoms with Crippen molar-refractivity contribution in [2.24, 2.45) is 0 Å². The van der Waals surface area contributed by atoms with Crippen molar-refractivity contribution in [1.82, 2.24) is 4.98 Å². The standard InChI is InChI=1S/C12H12F2N2S/c1-2-3-10-16-11(12(15)17-10)8-5-4-7(13)6-9(8)14/h4-6H,2-3,15H2,1H3. The predicted octanol–water partition coefficient (Wildman–Crippen LogP) is 3.62. The van der Waals surface area contributed by atoms with Crippen molar-refractivity contribution in [1.29, 1.82) is 0 Å². The fourth-order valence-corrected chi connectivity index (χ4v) is 2.52. The SMILES string of the molecule is CCCc1nc(-c2ccc(F)cc2F)c(N)s1. The van der Waals surface area contributed by atoms with Crippen LogP contribution in [0.5, 0.6) is 0 Å². The number of nitrogen functional groups attached to an aromatic ring is 1. The summed E-state index contributed by atoms with van der Waals surface area (Å²) in [7, 11) is 0. The van der Waals surface area contributed by atoms with Crippen molar-refractivity contribution < 1.29 is 8.78 Å². The Morgan fingerprint density at radius 1 is 1.35 bits per heavy atom. The third-order valence-corrected chi connectivity index (χ3v) is 3.29. The number of nitrogens with two attached hydrogens (primary N) is 1. The van der Waals surface area contributed by atoms with Gasteiger partial charge in [-0.2, -0.15) is 0 Å². The monoisotopic (exact) mass is 254 g/mol. The minimum Gasteiger partial charge on any atom is -0.389 e. The molecular formula is C12H12F2N2S. The van der Waals surface area contributed by atoms with Gasteiger partial charge in [0.2, 0.25) is 0 Å². The smallest absolute Gasteiger partial charge is 0.135 e. The van der Waals surface area contributed by atoms with Gasteiger partial charge in [-0.1, -0.05) is 6.92 Å². The van der Waals surface area contributed by atoms with E-state index in [-0.39, 0.29) is 5.56 Å². The Labute approximate surface area is 102 Å². The number of hydrogen-bond acceptors (Lipinski definition) is 3. The van der Waals surface area contributed by atoms with Crippen molar-refractivity contribution in [2.45, 2.75) is 19.8 Å². The summed E-state index contributed by atoms with van der Waals surface area (Å²) in [6.45, 7) is 2.04. The summed E-state index contributed by atoms with van der Waals surface area (Å²) < 4.78 is 26.4. The number of benzene rings is 1. The number of rotatable bonds is 3. The zero-order valence-corrected chi connectivity index (χ0v) is 10.2. The van der Waals surface area contributed by atoms with E-state index in [1.54, 1.807) is 0 Å². The molecule has 0 amide bonds. The van der Waals surface area contributed by atoms with Crippen LogP contribution in [0.1, 0.15) is 18.4 Å². The highest BCUT2D eigenvalue weighted by Gasteiger charge is 2.14. The van der Waals surface area contributed by atoms with Crippen LogP contribution in [0.2, 0.25) is 0 Å². The molecule has 1 heterocycles. The highest BCUT2D eigenvalue weighted by atomic mass is 32.1. The first kappa shape index (κ1) is 12.0. The molecule has 0 atom stereocenters. The minimum atomic E-state index is -0.634. The van der Waals surface area contributed by atoms with Crippen molar-refractivity contribution >= 4 is 16.3 Å². The normalized spacial score (nSPS) is 10.8. The van der Waals surface area contributed by atoms with Crippen LogP contribution in [0, 0.1) is 11.6 Å². The lowest BCUT2D eigenvalue weighted by Crippen LogP contribution is -1.91. The van der Waals surface area contributed by atoms with Crippen LogP contribution in [-0.2, 0) is 6.42 Å². The molecule has 2 aromatic rings. The van der Waals surface area contributed by atoms with Gasteiger partial charge in [0.15, 0.2) is 0 Å². The lowest BCUT2D eigenvalue weighted by Gasteiger charge is -2.00. The molecule has 0 saturated carbocycles. The fourth-order valence-electron chi connectivity index (χ4n) is 1.57. The number of aryl methyl sites for hydroxylation is 1. The van der Waals surface area contributed by atoms with Crippen molar-refractivity contribution in [3.63, 3.8) is 0 Å². The molecule has 2 rings (SSSR count). The summed E-state index contributed by atoms with van der Waals surface area (Å²) in [6, 6.07) is 3.41. The average molecular weight is 254 g/mol. The van der Waals surface area contributed by atoms with Crippen LogP contribution in [0.4, 0.5) is 13.8 Å². The molecular weight excluding hydrogens is 242 g/mol. The van der Waals surface area contributed by atoms with Crippen molar-refractivity contribution in [2.75, 3.05) is 5.73 Å². The number of aromatic nitrogens is 1. The van der Waals surface area contributed by atoms with Gasteiger partial charge in [-0.25, -0.2) is 13.8 Å². The number of nitrogens with zero attached hydrogens (tertiary/aromatic N) is 1. The topological polar surface area (TPSA) is 38.9 Å². The molecule has 0 bridgehead atoms. The molecule has 1 aromatic heterocycles. The van der Waals surface area contributed by atoms with Gasteiger partial charge in [0.1, 0.15) is 22.3 Å². The Morgan fingerprint density at radius 2 is 2.12 bits per heavy atom. The van der Waals surface area contributed by atoms with E-state index in [1.807, 2.05) is 6.92 Å². The average Bonchev–Trinajstić information content (AvgIpc) is 2.60. The minimum absolute atomic E-state index is 0.252. The van der Waals surface area contributed by atoms with Gasteiger partial charge in [-0.05, 0) is 25.0 Å². The first-order valence-electron chi connectivity index (χ1n) is 5.32. The summed E-state index contributed by atoms with van der Waals surface area (Å²) in [5.74, 6) is -1.24. The molecule has 0 spiro atoms. The molecule has 1 aromatic carbocycles. The first-order valence-corrected chi connectivity index (χ1v) is 6.14. The molecule has 0 radical (unpaired) electrons. The quantitative estimate of drug-likeness (QED) is 0.908. The molecule has 17 heavy (non-hydrogen) atoms. The largest absolute Gasteiger partial charge is 0.389 e. The van der Waals surface area contributed by atoms with Gasteiger partial charge in [0.25, 0.3) is 0 Å². The maximum Gasteiger partial charge on any atom is 0.135 e. The molecule has 0 aliphatic carbocycles. The Kier molecular flexibility index (Phi) is 3.38. The molecule has 2 N–H and O–H groups in total.